The lowest BCUT2D eigenvalue weighted by atomic mass is 9.88. The lowest BCUT2D eigenvalue weighted by Gasteiger charge is -2.33. The predicted molar refractivity (Wildman–Crippen MR) is 58.1 cm³/mol. The van der Waals surface area contributed by atoms with Crippen molar-refractivity contribution in [2.45, 2.75) is 31.8 Å². The maximum atomic E-state index is 6.16. The molecule has 3 rings (SSSR count). The van der Waals surface area contributed by atoms with Crippen molar-refractivity contribution in [1.82, 2.24) is 10.3 Å². The van der Waals surface area contributed by atoms with Crippen molar-refractivity contribution in [2.24, 2.45) is 0 Å². The number of nitrogens with zero attached hydrogens (tertiary/aromatic N) is 1. The van der Waals surface area contributed by atoms with Gasteiger partial charge in [-0.25, -0.2) is 0 Å². The number of fused-ring (bicyclic) bond motifs is 1. The maximum Gasteiger partial charge on any atom is 0.144 e. The van der Waals surface area contributed by atoms with E-state index in [2.05, 4.69) is 16.4 Å². The van der Waals surface area contributed by atoms with Gasteiger partial charge in [-0.2, -0.15) is 0 Å². The molecule has 0 amide bonds. The van der Waals surface area contributed by atoms with Crippen LogP contribution in [0.1, 0.15) is 24.1 Å². The molecule has 80 valence electrons. The Labute approximate surface area is 89.9 Å². The Hall–Kier alpha value is -1.09. The highest BCUT2D eigenvalue weighted by atomic mass is 16.5. The number of aryl methyl sites for hydroxylation is 1. The van der Waals surface area contributed by atoms with E-state index in [0.29, 0.717) is 0 Å². The summed E-state index contributed by atoms with van der Waals surface area (Å²) < 4.78 is 6.16. The fraction of sp³-hybridized carbons (Fsp3) is 0.583. The Bertz CT molecular complexity index is 383. The van der Waals surface area contributed by atoms with Crippen LogP contribution in [0.3, 0.4) is 0 Å². The molecule has 0 bridgehead atoms. The normalized spacial score (nSPS) is 22.5. The monoisotopic (exact) mass is 204 g/mol. The number of nitrogens with one attached hydrogen (secondary N) is 1. The predicted octanol–water partition coefficient (Wildman–Crippen LogP) is 1.45. The molecule has 3 heteroatoms. The molecule has 2 aliphatic heterocycles. The van der Waals surface area contributed by atoms with Gasteiger partial charge in [0, 0.05) is 18.2 Å². The quantitative estimate of drug-likeness (QED) is 0.694. The topological polar surface area (TPSA) is 34.1 Å². The van der Waals surface area contributed by atoms with Crippen LogP contribution in [0.25, 0.3) is 0 Å². The molecule has 1 N–H and O–H groups in total. The zero-order chi connectivity index (χ0) is 10.3. The van der Waals surface area contributed by atoms with E-state index in [1.54, 1.807) is 0 Å². The fourth-order valence-electron chi connectivity index (χ4n) is 2.65. The molecule has 1 aromatic rings. The summed E-state index contributed by atoms with van der Waals surface area (Å²) in [6, 6.07) is 2.10. The summed E-state index contributed by atoms with van der Waals surface area (Å²) >= 11 is 0. The first-order chi connectivity index (χ1) is 7.29. The summed E-state index contributed by atoms with van der Waals surface area (Å²) in [5.74, 6) is 1.04. The number of aromatic nitrogens is 1. The molecule has 1 fully saturated rings. The third-order valence-electron chi connectivity index (χ3n) is 3.51. The van der Waals surface area contributed by atoms with Crippen LogP contribution in [0.2, 0.25) is 0 Å². The third-order valence-corrected chi connectivity index (χ3v) is 3.51. The van der Waals surface area contributed by atoms with Crippen molar-refractivity contribution < 1.29 is 4.74 Å². The van der Waals surface area contributed by atoms with Crippen molar-refractivity contribution in [2.75, 3.05) is 13.1 Å². The SMILES string of the molecule is Cc1nccc2c1OC1(CCNCC1)C2. The second-order valence-electron chi connectivity index (χ2n) is 4.60. The molecule has 1 spiro atoms. The smallest absolute Gasteiger partial charge is 0.144 e. The Balaban J connectivity index is 1.94. The van der Waals surface area contributed by atoms with Gasteiger partial charge in [-0.1, -0.05) is 0 Å². The van der Waals surface area contributed by atoms with Gasteiger partial charge in [0.15, 0.2) is 0 Å². The minimum atomic E-state index is 0.0708. The summed E-state index contributed by atoms with van der Waals surface area (Å²) in [5.41, 5.74) is 2.44. The molecule has 15 heavy (non-hydrogen) atoms. The molecule has 0 aliphatic carbocycles. The maximum absolute atomic E-state index is 6.16. The second-order valence-corrected chi connectivity index (χ2v) is 4.60. The van der Waals surface area contributed by atoms with Crippen LogP contribution < -0.4 is 10.1 Å². The molecule has 3 nitrogen and oxygen atoms in total. The van der Waals surface area contributed by atoms with E-state index in [-0.39, 0.29) is 5.60 Å². The Morgan fingerprint density at radius 2 is 2.20 bits per heavy atom. The van der Waals surface area contributed by atoms with Gasteiger partial charge in [0.2, 0.25) is 0 Å². The number of hydrogen-bond donors (Lipinski definition) is 1. The molecule has 1 saturated heterocycles. The van der Waals surface area contributed by atoms with Gasteiger partial charge < -0.3 is 10.1 Å². The van der Waals surface area contributed by atoms with Crippen LogP contribution in [-0.2, 0) is 6.42 Å². The first-order valence-corrected chi connectivity index (χ1v) is 5.63. The Morgan fingerprint density at radius 1 is 1.40 bits per heavy atom. The van der Waals surface area contributed by atoms with Crippen molar-refractivity contribution in [1.29, 1.82) is 0 Å². The summed E-state index contributed by atoms with van der Waals surface area (Å²) in [6.45, 7) is 4.17. The second kappa shape index (κ2) is 3.20. The largest absolute Gasteiger partial charge is 0.485 e. The molecule has 3 heterocycles. The molecule has 0 unspecified atom stereocenters. The van der Waals surface area contributed by atoms with Gasteiger partial charge in [-0.3, -0.25) is 4.98 Å². The molecule has 0 atom stereocenters. The van der Waals surface area contributed by atoms with E-state index in [0.717, 1.165) is 43.8 Å². The summed E-state index contributed by atoms with van der Waals surface area (Å²) in [7, 11) is 0. The minimum absolute atomic E-state index is 0.0708. The van der Waals surface area contributed by atoms with E-state index >= 15 is 0 Å². The van der Waals surface area contributed by atoms with Crippen LogP contribution in [-0.4, -0.2) is 23.7 Å². The van der Waals surface area contributed by atoms with Crippen LogP contribution >= 0.6 is 0 Å². The van der Waals surface area contributed by atoms with Gasteiger partial charge in [0.1, 0.15) is 11.4 Å². The van der Waals surface area contributed by atoms with Crippen LogP contribution in [0, 0.1) is 6.92 Å². The number of pyridine rings is 1. The molecule has 1 aromatic heterocycles. The number of rotatable bonds is 0. The van der Waals surface area contributed by atoms with E-state index in [9.17, 15) is 0 Å². The molecule has 0 aromatic carbocycles. The molecule has 0 saturated carbocycles. The fourth-order valence-corrected chi connectivity index (χ4v) is 2.65. The van der Waals surface area contributed by atoms with Crippen molar-refractivity contribution in [3.05, 3.63) is 23.5 Å². The van der Waals surface area contributed by atoms with E-state index in [1.165, 1.54) is 5.56 Å². The first kappa shape index (κ1) is 9.16. The Morgan fingerprint density at radius 3 is 2.93 bits per heavy atom. The molecule has 2 aliphatic rings. The van der Waals surface area contributed by atoms with Crippen LogP contribution in [0.15, 0.2) is 12.3 Å². The van der Waals surface area contributed by atoms with Gasteiger partial charge >= 0.3 is 0 Å². The van der Waals surface area contributed by atoms with Gasteiger partial charge in [0.25, 0.3) is 0 Å². The number of piperidine rings is 1. The van der Waals surface area contributed by atoms with Crippen molar-refractivity contribution in [3.8, 4) is 5.75 Å². The summed E-state index contributed by atoms with van der Waals surface area (Å²) in [6.07, 6.45) is 5.17. The third kappa shape index (κ3) is 1.42. The first-order valence-electron chi connectivity index (χ1n) is 5.63. The van der Waals surface area contributed by atoms with Crippen LogP contribution in [0.4, 0.5) is 0 Å². The summed E-state index contributed by atoms with van der Waals surface area (Å²) in [4.78, 5) is 4.29. The number of ether oxygens (including phenoxy) is 1. The van der Waals surface area contributed by atoms with Gasteiger partial charge in [-0.05, 0) is 38.9 Å². The highest BCUT2D eigenvalue weighted by Crippen LogP contribution is 2.40. The summed E-state index contributed by atoms with van der Waals surface area (Å²) in [5, 5.41) is 3.38. The molecule has 0 radical (unpaired) electrons. The van der Waals surface area contributed by atoms with Gasteiger partial charge in [0.05, 0.1) is 5.69 Å². The zero-order valence-corrected chi connectivity index (χ0v) is 9.05. The van der Waals surface area contributed by atoms with E-state index < -0.39 is 0 Å². The van der Waals surface area contributed by atoms with E-state index in [1.807, 2.05) is 13.1 Å². The number of hydrogen-bond acceptors (Lipinski definition) is 3. The van der Waals surface area contributed by atoms with Gasteiger partial charge in [-0.15, -0.1) is 0 Å². The standard InChI is InChI=1S/C12H16N2O/c1-9-11-10(2-5-14-9)8-12(15-11)3-6-13-7-4-12/h2,5,13H,3-4,6-8H2,1H3. The zero-order valence-electron chi connectivity index (χ0n) is 9.05. The average Bonchev–Trinajstić information content (AvgIpc) is 2.59. The van der Waals surface area contributed by atoms with E-state index in [4.69, 9.17) is 4.74 Å². The highest BCUT2D eigenvalue weighted by Gasteiger charge is 2.40. The lowest BCUT2D eigenvalue weighted by molar-refractivity contribution is 0.0591. The van der Waals surface area contributed by atoms with Crippen LogP contribution in [0.5, 0.6) is 5.75 Å². The average molecular weight is 204 g/mol. The lowest BCUT2D eigenvalue weighted by Crippen LogP contribution is -2.45. The molecular weight excluding hydrogens is 188 g/mol. The minimum Gasteiger partial charge on any atom is -0.485 e. The Kier molecular flexibility index (Phi) is 1.96. The van der Waals surface area contributed by atoms with Crippen molar-refractivity contribution in [3.63, 3.8) is 0 Å². The van der Waals surface area contributed by atoms with Crippen molar-refractivity contribution >= 4 is 0 Å². The highest BCUT2D eigenvalue weighted by molar-refractivity contribution is 5.41. The molecular formula is C12H16N2O.